The second kappa shape index (κ2) is 7.48. The smallest absolute Gasteiger partial charge is 0.337 e. The quantitative estimate of drug-likeness (QED) is 0.699. The van der Waals surface area contributed by atoms with Gasteiger partial charge in [-0.05, 0) is 53.9 Å². The van der Waals surface area contributed by atoms with Gasteiger partial charge in [-0.1, -0.05) is 39.3 Å². The van der Waals surface area contributed by atoms with Gasteiger partial charge in [0.1, 0.15) is 11.2 Å². The van der Waals surface area contributed by atoms with E-state index in [0.717, 1.165) is 35.4 Å². The van der Waals surface area contributed by atoms with E-state index in [1.807, 2.05) is 12.1 Å². The number of esters is 1. The number of benzene rings is 1. The first kappa shape index (κ1) is 20.0. The number of hydrogen-bond donors (Lipinski definition) is 2. The second-order valence-electron chi connectivity index (χ2n) is 8.65. The highest BCUT2D eigenvalue weighted by atomic mass is 32.1. The molecule has 1 aromatic carbocycles. The van der Waals surface area contributed by atoms with Gasteiger partial charge < -0.3 is 15.4 Å². The number of carbonyl (C=O) groups excluding carboxylic acids is 2. The molecule has 6 heteroatoms. The summed E-state index contributed by atoms with van der Waals surface area (Å²) in [5.41, 5.74) is 3.79. The van der Waals surface area contributed by atoms with Crippen molar-refractivity contribution in [1.29, 1.82) is 0 Å². The standard InChI is InChI=1S/C23H28N2O3S/c1-5-23(2,3)15-10-11-16-17(12-15)29-21-18(16)20(26)24-19(25-21)13-6-8-14(9-7-13)22(27)28-4/h6-9,15,19,25H,5,10-12H2,1-4H3,(H,24,26). The van der Waals surface area contributed by atoms with E-state index < -0.39 is 0 Å². The highest BCUT2D eigenvalue weighted by Gasteiger charge is 2.37. The summed E-state index contributed by atoms with van der Waals surface area (Å²) in [7, 11) is 1.37. The third-order valence-electron chi connectivity index (χ3n) is 6.72. The zero-order chi connectivity index (χ0) is 20.8. The maximum absolute atomic E-state index is 12.9. The molecular weight excluding hydrogens is 384 g/mol. The fourth-order valence-corrected chi connectivity index (χ4v) is 5.70. The van der Waals surface area contributed by atoms with E-state index >= 15 is 0 Å². The molecule has 2 N–H and O–H groups in total. The third-order valence-corrected chi connectivity index (χ3v) is 7.91. The second-order valence-corrected chi connectivity index (χ2v) is 9.76. The topological polar surface area (TPSA) is 67.4 Å². The van der Waals surface area contributed by atoms with E-state index in [1.54, 1.807) is 23.5 Å². The van der Waals surface area contributed by atoms with Crippen molar-refractivity contribution in [2.24, 2.45) is 11.3 Å². The summed E-state index contributed by atoms with van der Waals surface area (Å²) in [5.74, 6) is 0.284. The molecule has 0 radical (unpaired) electrons. The van der Waals surface area contributed by atoms with Gasteiger partial charge in [0.25, 0.3) is 5.91 Å². The lowest BCUT2D eigenvalue weighted by Gasteiger charge is -2.36. The van der Waals surface area contributed by atoms with Crippen LogP contribution in [0.2, 0.25) is 0 Å². The van der Waals surface area contributed by atoms with E-state index in [-0.39, 0.29) is 18.0 Å². The molecule has 5 nitrogen and oxygen atoms in total. The fourth-order valence-electron chi connectivity index (χ4n) is 4.35. The first-order valence-corrected chi connectivity index (χ1v) is 11.1. The molecule has 1 amide bonds. The summed E-state index contributed by atoms with van der Waals surface area (Å²) in [6.45, 7) is 6.98. The normalized spacial score (nSPS) is 20.9. The van der Waals surface area contributed by atoms with Crippen LogP contribution in [0.15, 0.2) is 24.3 Å². The number of rotatable bonds is 4. The average molecular weight is 413 g/mol. The molecule has 0 bridgehead atoms. The van der Waals surface area contributed by atoms with Gasteiger partial charge in [0.2, 0.25) is 0 Å². The molecule has 2 heterocycles. The van der Waals surface area contributed by atoms with Gasteiger partial charge in [0.15, 0.2) is 0 Å². The molecule has 4 rings (SSSR count). The number of ether oxygens (including phenoxy) is 1. The Hall–Kier alpha value is -2.34. The third kappa shape index (κ3) is 3.54. The van der Waals surface area contributed by atoms with Gasteiger partial charge in [0, 0.05) is 4.88 Å². The van der Waals surface area contributed by atoms with Crippen LogP contribution in [0.1, 0.15) is 76.5 Å². The number of anilines is 1. The summed E-state index contributed by atoms with van der Waals surface area (Å²) < 4.78 is 4.75. The Kier molecular flexibility index (Phi) is 5.15. The van der Waals surface area contributed by atoms with E-state index in [0.29, 0.717) is 16.9 Å². The van der Waals surface area contributed by atoms with Crippen LogP contribution in [-0.4, -0.2) is 19.0 Å². The highest BCUT2D eigenvalue weighted by molar-refractivity contribution is 7.16. The fraction of sp³-hybridized carbons (Fsp3) is 0.478. The van der Waals surface area contributed by atoms with Crippen LogP contribution >= 0.6 is 11.3 Å². The summed E-state index contributed by atoms with van der Waals surface area (Å²) in [4.78, 5) is 25.9. The Morgan fingerprint density at radius 3 is 2.62 bits per heavy atom. The van der Waals surface area contributed by atoms with E-state index in [1.165, 1.54) is 24.0 Å². The number of amides is 1. The van der Waals surface area contributed by atoms with Crippen molar-refractivity contribution >= 4 is 28.2 Å². The molecule has 0 saturated carbocycles. The Bertz CT molecular complexity index is 946. The lowest BCUT2D eigenvalue weighted by molar-refractivity contribution is 0.0600. The van der Waals surface area contributed by atoms with Gasteiger partial charge >= 0.3 is 5.97 Å². The minimum Gasteiger partial charge on any atom is -0.465 e. The number of methoxy groups -OCH3 is 1. The van der Waals surface area contributed by atoms with Crippen molar-refractivity contribution < 1.29 is 14.3 Å². The molecule has 2 aliphatic rings. The van der Waals surface area contributed by atoms with E-state index in [4.69, 9.17) is 4.74 Å². The molecule has 2 atom stereocenters. The van der Waals surface area contributed by atoms with Gasteiger partial charge in [-0.2, -0.15) is 0 Å². The van der Waals surface area contributed by atoms with Crippen LogP contribution in [0, 0.1) is 11.3 Å². The van der Waals surface area contributed by atoms with Crippen LogP contribution in [0.4, 0.5) is 5.00 Å². The average Bonchev–Trinajstić information content (AvgIpc) is 3.11. The minimum absolute atomic E-state index is 0.00787. The maximum Gasteiger partial charge on any atom is 0.337 e. The predicted molar refractivity (Wildman–Crippen MR) is 116 cm³/mol. The highest BCUT2D eigenvalue weighted by Crippen LogP contribution is 2.46. The molecule has 29 heavy (non-hydrogen) atoms. The zero-order valence-electron chi connectivity index (χ0n) is 17.4. The molecule has 2 aromatic rings. The molecule has 1 aliphatic carbocycles. The number of carbonyl (C=O) groups is 2. The zero-order valence-corrected chi connectivity index (χ0v) is 18.2. The van der Waals surface area contributed by atoms with Crippen LogP contribution in [-0.2, 0) is 17.6 Å². The van der Waals surface area contributed by atoms with Gasteiger partial charge in [-0.3, -0.25) is 4.79 Å². The molecule has 1 aromatic heterocycles. The lowest BCUT2D eigenvalue weighted by atomic mass is 9.69. The molecular formula is C23H28N2O3S. The minimum atomic E-state index is -0.366. The van der Waals surface area contributed by atoms with Crippen molar-refractivity contribution in [3.8, 4) is 0 Å². The summed E-state index contributed by atoms with van der Waals surface area (Å²) in [6.07, 6.45) is 4.04. The van der Waals surface area contributed by atoms with Crippen molar-refractivity contribution in [1.82, 2.24) is 5.32 Å². The van der Waals surface area contributed by atoms with Crippen LogP contribution in [0.25, 0.3) is 0 Å². The maximum atomic E-state index is 12.9. The summed E-state index contributed by atoms with van der Waals surface area (Å²) in [5, 5.41) is 7.55. The van der Waals surface area contributed by atoms with E-state index in [2.05, 4.69) is 31.4 Å². The SMILES string of the molecule is CCC(C)(C)C1CCc2c(sc3c2C(=O)NC(c2ccc(C(=O)OC)cc2)N3)C1. The summed E-state index contributed by atoms with van der Waals surface area (Å²) >= 11 is 1.74. The lowest BCUT2D eigenvalue weighted by Crippen LogP contribution is -2.38. The number of hydrogen-bond acceptors (Lipinski definition) is 5. The van der Waals surface area contributed by atoms with Gasteiger partial charge in [-0.15, -0.1) is 11.3 Å². The van der Waals surface area contributed by atoms with Gasteiger partial charge in [0.05, 0.1) is 18.2 Å². The Morgan fingerprint density at radius 1 is 1.24 bits per heavy atom. The number of thiophene rings is 1. The molecule has 1 aliphatic heterocycles. The molecule has 0 spiro atoms. The van der Waals surface area contributed by atoms with E-state index in [9.17, 15) is 9.59 Å². The van der Waals surface area contributed by atoms with Crippen molar-refractivity contribution in [2.45, 2.75) is 52.6 Å². The van der Waals surface area contributed by atoms with Crippen molar-refractivity contribution in [2.75, 3.05) is 12.4 Å². The number of fused-ring (bicyclic) bond motifs is 3. The summed E-state index contributed by atoms with van der Waals surface area (Å²) in [6, 6.07) is 7.15. The predicted octanol–water partition coefficient (Wildman–Crippen LogP) is 4.93. The molecule has 154 valence electrons. The molecule has 0 saturated heterocycles. The van der Waals surface area contributed by atoms with Crippen LogP contribution < -0.4 is 10.6 Å². The Morgan fingerprint density at radius 2 is 1.97 bits per heavy atom. The first-order valence-electron chi connectivity index (χ1n) is 10.2. The molecule has 2 unspecified atom stereocenters. The first-order chi connectivity index (χ1) is 13.8. The van der Waals surface area contributed by atoms with Gasteiger partial charge in [-0.25, -0.2) is 4.79 Å². The van der Waals surface area contributed by atoms with Crippen LogP contribution in [0.5, 0.6) is 0 Å². The monoisotopic (exact) mass is 412 g/mol. The molecule has 0 fully saturated rings. The van der Waals surface area contributed by atoms with Crippen LogP contribution in [0.3, 0.4) is 0 Å². The largest absolute Gasteiger partial charge is 0.465 e. The Labute approximate surface area is 175 Å². The van der Waals surface area contributed by atoms with Crippen molar-refractivity contribution in [3.05, 3.63) is 51.4 Å². The Balaban J connectivity index is 1.58. The van der Waals surface area contributed by atoms with Crippen molar-refractivity contribution in [3.63, 3.8) is 0 Å². The number of nitrogens with one attached hydrogen (secondary N) is 2.